The van der Waals surface area contributed by atoms with Gasteiger partial charge in [0.05, 0.1) is 17.3 Å². The van der Waals surface area contributed by atoms with Gasteiger partial charge in [0.2, 0.25) is 0 Å². The van der Waals surface area contributed by atoms with Gasteiger partial charge >= 0.3 is 12.1 Å². The highest BCUT2D eigenvalue weighted by Crippen LogP contribution is 2.44. The number of carbonyl (C=O) groups excluding carboxylic acids is 2. The predicted octanol–water partition coefficient (Wildman–Crippen LogP) is 4.53. The topological polar surface area (TPSA) is 114 Å². The summed E-state index contributed by atoms with van der Waals surface area (Å²) >= 11 is 6.25. The van der Waals surface area contributed by atoms with Crippen LogP contribution in [0.2, 0.25) is 5.02 Å². The standard InChI is InChI=1S/C26H23ClN2O6/c1-34-14-23(25(31)32)28-24(30)15-10-11-22(21(27)12-15)29-26(33)35-13-20-18-8-4-2-6-16(18)17-7-3-5-9-19(17)20/h2-12,20,23H,13-14H2,1H3,(H,28,30)(H,29,33)(H,31,32). The summed E-state index contributed by atoms with van der Waals surface area (Å²) in [7, 11) is 1.34. The van der Waals surface area contributed by atoms with Crippen molar-refractivity contribution in [3.8, 4) is 11.1 Å². The van der Waals surface area contributed by atoms with Crippen LogP contribution in [0.15, 0.2) is 66.7 Å². The second-order valence-corrected chi connectivity index (χ2v) is 8.37. The first kappa shape index (κ1) is 24.3. The van der Waals surface area contributed by atoms with E-state index in [-0.39, 0.29) is 35.4 Å². The molecule has 1 unspecified atom stereocenters. The van der Waals surface area contributed by atoms with E-state index in [1.807, 2.05) is 36.4 Å². The first-order valence-electron chi connectivity index (χ1n) is 10.8. The molecule has 3 N–H and O–H groups in total. The number of halogens is 1. The third-order valence-corrected chi connectivity index (χ3v) is 6.06. The van der Waals surface area contributed by atoms with E-state index >= 15 is 0 Å². The summed E-state index contributed by atoms with van der Waals surface area (Å²) in [6.07, 6.45) is -0.683. The van der Waals surface area contributed by atoms with Crippen LogP contribution in [0.4, 0.5) is 10.5 Å². The predicted molar refractivity (Wildman–Crippen MR) is 131 cm³/mol. The number of anilines is 1. The molecular weight excluding hydrogens is 472 g/mol. The van der Waals surface area contributed by atoms with E-state index in [0.29, 0.717) is 0 Å². The van der Waals surface area contributed by atoms with Crippen LogP contribution < -0.4 is 10.6 Å². The molecule has 3 aromatic carbocycles. The quantitative estimate of drug-likeness (QED) is 0.424. The molecule has 2 amide bonds. The Morgan fingerprint density at radius 1 is 1.00 bits per heavy atom. The lowest BCUT2D eigenvalue weighted by Gasteiger charge is -2.16. The summed E-state index contributed by atoms with van der Waals surface area (Å²) in [5.41, 5.74) is 4.85. The number of ether oxygens (including phenoxy) is 2. The molecule has 0 fully saturated rings. The molecule has 8 nitrogen and oxygen atoms in total. The number of fused-ring (bicyclic) bond motifs is 3. The SMILES string of the molecule is COCC(NC(=O)c1ccc(NC(=O)OCC2c3ccccc3-c3ccccc32)c(Cl)c1)C(=O)O. The first-order chi connectivity index (χ1) is 16.9. The fraction of sp³-hybridized carbons (Fsp3) is 0.192. The number of carboxylic acids is 1. The van der Waals surface area contributed by atoms with Crippen molar-refractivity contribution in [2.24, 2.45) is 0 Å². The maximum absolute atomic E-state index is 12.5. The Bertz CT molecular complexity index is 1230. The highest BCUT2D eigenvalue weighted by atomic mass is 35.5. The Hall–Kier alpha value is -3.88. The average molecular weight is 495 g/mol. The minimum atomic E-state index is -1.22. The molecule has 0 saturated heterocycles. The first-order valence-corrected chi connectivity index (χ1v) is 11.2. The third kappa shape index (κ3) is 5.29. The van der Waals surface area contributed by atoms with Gasteiger partial charge in [-0.2, -0.15) is 0 Å². The maximum atomic E-state index is 12.5. The largest absolute Gasteiger partial charge is 0.480 e. The Balaban J connectivity index is 1.39. The van der Waals surface area contributed by atoms with E-state index in [0.717, 1.165) is 22.3 Å². The van der Waals surface area contributed by atoms with E-state index in [1.54, 1.807) is 0 Å². The van der Waals surface area contributed by atoms with Crippen LogP contribution in [-0.4, -0.2) is 49.4 Å². The summed E-state index contributed by atoms with van der Waals surface area (Å²) < 4.78 is 10.3. The number of amides is 2. The van der Waals surface area contributed by atoms with Gasteiger partial charge in [0.1, 0.15) is 6.61 Å². The average Bonchev–Trinajstić information content (AvgIpc) is 3.17. The Morgan fingerprint density at radius 2 is 1.63 bits per heavy atom. The second kappa shape index (κ2) is 10.6. The van der Waals surface area contributed by atoms with Crippen LogP contribution in [-0.2, 0) is 14.3 Å². The van der Waals surface area contributed by atoms with Crippen LogP contribution in [0.1, 0.15) is 27.4 Å². The fourth-order valence-corrected chi connectivity index (χ4v) is 4.31. The van der Waals surface area contributed by atoms with E-state index in [2.05, 4.69) is 22.8 Å². The molecule has 1 aliphatic carbocycles. The number of hydrogen-bond donors (Lipinski definition) is 3. The van der Waals surface area contributed by atoms with Crippen LogP contribution in [0, 0.1) is 0 Å². The van der Waals surface area contributed by atoms with Crippen molar-refractivity contribution in [3.05, 3.63) is 88.4 Å². The molecule has 3 aromatic rings. The highest BCUT2D eigenvalue weighted by molar-refractivity contribution is 6.34. The molecule has 9 heteroatoms. The monoisotopic (exact) mass is 494 g/mol. The molecule has 0 aromatic heterocycles. The van der Waals surface area contributed by atoms with Gasteiger partial charge in [0, 0.05) is 18.6 Å². The maximum Gasteiger partial charge on any atom is 0.411 e. The van der Waals surface area contributed by atoms with Crippen molar-refractivity contribution in [3.63, 3.8) is 0 Å². The summed E-state index contributed by atoms with van der Waals surface area (Å²) in [4.78, 5) is 36.1. The van der Waals surface area contributed by atoms with Crippen molar-refractivity contribution in [2.45, 2.75) is 12.0 Å². The number of benzene rings is 3. The molecule has 4 rings (SSSR count). The van der Waals surface area contributed by atoms with Crippen LogP contribution >= 0.6 is 11.6 Å². The Kier molecular flexibility index (Phi) is 7.33. The lowest BCUT2D eigenvalue weighted by molar-refractivity contribution is -0.140. The lowest BCUT2D eigenvalue weighted by Crippen LogP contribution is -2.43. The summed E-state index contributed by atoms with van der Waals surface area (Å²) in [5.74, 6) is -1.94. The molecule has 0 aliphatic heterocycles. The number of hydrogen-bond acceptors (Lipinski definition) is 5. The van der Waals surface area contributed by atoms with Gasteiger partial charge in [-0.25, -0.2) is 9.59 Å². The molecule has 0 saturated carbocycles. The fourth-order valence-electron chi connectivity index (χ4n) is 4.09. The van der Waals surface area contributed by atoms with Gasteiger partial charge in [-0.05, 0) is 40.5 Å². The number of methoxy groups -OCH3 is 1. The number of aliphatic carboxylic acids is 1. The van der Waals surface area contributed by atoms with Gasteiger partial charge in [0.25, 0.3) is 5.91 Å². The zero-order chi connectivity index (χ0) is 24.9. The Morgan fingerprint density at radius 3 is 2.20 bits per heavy atom. The minimum Gasteiger partial charge on any atom is -0.480 e. The number of nitrogens with one attached hydrogen (secondary N) is 2. The van der Waals surface area contributed by atoms with E-state index < -0.39 is 24.0 Å². The lowest BCUT2D eigenvalue weighted by atomic mass is 9.98. The molecular formula is C26H23ClN2O6. The van der Waals surface area contributed by atoms with Crippen LogP contribution in [0.5, 0.6) is 0 Å². The molecule has 0 heterocycles. The van der Waals surface area contributed by atoms with Gasteiger partial charge in [-0.3, -0.25) is 10.1 Å². The van der Waals surface area contributed by atoms with Gasteiger partial charge < -0.3 is 19.9 Å². The van der Waals surface area contributed by atoms with E-state index in [1.165, 1.54) is 25.3 Å². The highest BCUT2D eigenvalue weighted by Gasteiger charge is 2.29. The zero-order valence-corrected chi connectivity index (χ0v) is 19.5. The summed E-state index contributed by atoms with van der Waals surface area (Å²) in [5, 5.41) is 14.2. The van der Waals surface area contributed by atoms with Gasteiger partial charge in [-0.15, -0.1) is 0 Å². The molecule has 1 atom stereocenters. The molecule has 1 aliphatic rings. The Labute approximate surface area is 206 Å². The van der Waals surface area contributed by atoms with Crippen molar-refractivity contribution < 1.29 is 29.0 Å². The minimum absolute atomic E-state index is 0.0797. The van der Waals surface area contributed by atoms with Crippen LogP contribution in [0.3, 0.4) is 0 Å². The smallest absolute Gasteiger partial charge is 0.411 e. The number of carboxylic acid groups (broad SMARTS) is 1. The molecule has 0 radical (unpaired) electrons. The van der Waals surface area contributed by atoms with Gasteiger partial charge in [-0.1, -0.05) is 60.1 Å². The van der Waals surface area contributed by atoms with Crippen LogP contribution in [0.25, 0.3) is 11.1 Å². The van der Waals surface area contributed by atoms with Crippen molar-refractivity contribution >= 4 is 35.3 Å². The number of rotatable bonds is 8. The van der Waals surface area contributed by atoms with E-state index in [9.17, 15) is 14.4 Å². The van der Waals surface area contributed by atoms with E-state index in [4.69, 9.17) is 26.2 Å². The van der Waals surface area contributed by atoms with Crippen molar-refractivity contribution in [1.82, 2.24) is 5.32 Å². The number of carbonyl (C=O) groups is 3. The zero-order valence-electron chi connectivity index (χ0n) is 18.8. The molecule has 180 valence electrons. The van der Waals surface area contributed by atoms with Crippen molar-refractivity contribution in [2.75, 3.05) is 25.6 Å². The second-order valence-electron chi connectivity index (χ2n) is 7.96. The normalized spacial score (nSPS) is 12.9. The summed E-state index contributed by atoms with van der Waals surface area (Å²) in [6.45, 7) is -0.0374. The van der Waals surface area contributed by atoms with Crippen molar-refractivity contribution in [1.29, 1.82) is 0 Å². The van der Waals surface area contributed by atoms with Gasteiger partial charge in [0.15, 0.2) is 6.04 Å². The molecule has 35 heavy (non-hydrogen) atoms. The molecule has 0 bridgehead atoms. The molecule has 0 spiro atoms. The summed E-state index contributed by atoms with van der Waals surface area (Å²) in [6, 6.07) is 19.1. The third-order valence-electron chi connectivity index (χ3n) is 5.75.